The number of aromatic nitrogens is 3. The molecular formula is C24H32FN5O. The van der Waals surface area contributed by atoms with Crippen molar-refractivity contribution in [1.82, 2.24) is 19.5 Å². The van der Waals surface area contributed by atoms with Crippen LogP contribution in [0.4, 0.5) is 10.2 Å². The fourth-order valence-corrected chi connectivity index (χ4v) is 4.48. The quantitative estimate of drug-likeness (QED) is 0.610. The Bertz CT molecular complexity index is 1040. The summed E-state index contributed by atoms with van der Waals surface area (Å²) in [5.74, 6) is 1.17. The largest absolute Gasteiger partial charge is 0.381 e. The second kappa shape index (κ2) is 9.32. The van der Waals surface area contributed by atoms with Crippen LogP contribution in [-0.4, -0.2) is 53.4 Å². The zero-order valence-electron chi connectivity index (χ0n) is 18.9. The van der Waals surface area contributed by atoms with Crippen LogP contribution in [0.2, 0.25) is 0 Å². The maximum Gasteiger partial charge on any atom is 0.157 e. The van der Waals surface area contributed by atoms with Gasteiger partial charge in [0.15, 0.2) is 5.65 Å². The van der Waals surface area contributed by atoms with E-state index in [9.17, 15) is 4.39 Å². The van der Waals surface area contributed by atoms with E-state index in [2.05, 4.69) is 18.3 Å². The summed E-state index contributed by atoms with van der Waals surface area (Å²) >= 11 is 0. The van der Waals surface area contributed by atoms with Crippen LogP contribution in [0.3, 0.4) is 0 Å². The molecule has 0 unspecified atom stereocenters. The Morgan fingerprint density at radius 1 is 1.26 bits per heavy atom. The zero-order chi connectivity index (χ0) is 22.0. The molecule has 3 aromatic rings. The van der Waals surface area contributed by atoms with Crippen molar-refractivity contribution in [3.05, 3.63) is 58.7 Å². The van der Waals surface area contributed by atoms with Gasteiger partial charge in [-0.25, -0.2) is 9.37 Å². The number of hydrogen-bond donors (Lipinski definition) is 1. The summed E-state index contributed by atoms with van der Waals surface area (Å²) in [6.45, 7) is 6.30. The Kier molecular flexibility index (Phi) is 6.53. The van der Waals surface area contributed by atoms with E-state index in [0.717, 1.165) is 60.9 Å². The average Bonchev–Trinajstić information content (AvgIpc) is 3.19. The number of nitrogens with one attached hydrogen (secondary N) is 1. The minimum Gasteiger partial charge on any atom is -0.381 e. The number of anilines is 1. The van der Waals surface area contributed by atoms with Gasteiger partial charge >= 0.3 is 0 Å². The Morgan fingerprint density at radius 3 is 2.68 bits per heavy atom. The van der Waals surface area contributed by atoms with Crippen LogP contribution in [0.25, 0.3) is 5.65 Å². The Morgan fingerprint density at radius 2 is 2.00 bits per heavy atom. The van der Waals surface area contributed by atoms with Crippen LogP contribution in [0.5, 0.6) is 0 Å². The Hall–Kier alpha value is -2.51. The molecule has 1 atom stereocenters. The lowest BCUT2D eigenvalue weighted by Gasteiger charge is -2.26. The van der Waals surface area contributed by atoms with Crippen molar-refractivity contribution in [3.8, 4) is 0 Å². The fourth-order valence-electron chi connectivity index (χ4n) is 4.48. The van der Waals surface area contributed by atoms with Gasteiger partial charge in [0.05, 0.1) is 11.7 Å². The average molecular weight is 426 g/mol. The number of aryl methyl sites for hydroxylation is 1. The van der Waals surface area contributed by atoms with Crippen LogP contribution >= 0.6 is 0 Å². The van der Waals surface area contributed by atoms with Gasteiger partial charge in [0.1, 0.15) is 11.6 Å². The zero-order valence-corrected chi connectivity index (χ0v) is 18.9. The molecule has 0 aliphatic carbocycles. The maximum atomic E-state index is 14.5. The van der Waals surface area contributed by atoms with Crippen molar-refractivity contribution in [3.63, 3.8) is 0 Å². The number of rotatable bonds is 7. The molecule has 0 saturated carbocycles. The number of fused-ring (bicyclic) bond motifs is 1. The van der Waals surface area contributed by atoms with Crippen LogP contribution in [0.1, 0.15) is 54.2 Å². The third-order valence-electron chi connectivity index (χ3n) is 6.27. The van der Waals surface area contributed by atoms with Gasteiger partial charge in [0.25, 0.3) is 0 Å². The molecular weight excluding hydrogens is 393 g/mol. The second-order valence-corrected chi connectivity index (χ2v) is 8.49. The SMILES string of the molecule is CCc1c(C)nc2cc(C3CCOCC3)nn2c1NC[C@H](c1ccccc1F)N(C)C. The number of halogens is 1. The van der Waals surface area contributed by atoms with E-state index in [1.54, 1.807) is 6.07 Å². The van der Waals surface area contributed by atoms with Gasteiger partial charge in [-0.05, 0) is 46.3 Å². The molecule has 0 bridgehead atoms. The minimum atomic E-state index is -0.185. The van der Waals surface area contributed by atoms with Gasteiger partial charge in [-0.3, -0.25) is 0 Å². The van der Waals surface area contributed by atoms with Crippen LogP contribution in [-0.2, 0) is 11.2 Å². The third kappa shape index (κ3) is 4.43. The van der Waals surface area contributed by atoms with Crippen molar-refractivity contribution in [2.24, 2.45) is 0 Å². The first-order valence-electron chi connectivity index (χ1n) is 11.1. The predicted octanol–water partition coefficient (Wildman–Crippen LogP) is 4.35. The van der Waals surface area contributed by atoms with Crippen molar-refractivity contribution < 1.29 is 9.13 Å². The van der Waals surface area contributed by atoms with Gasteiger partial charge in [0, 0.05) is 48.6 Å². The van der Waals surface area contributed by atoms with Crippen molar-refractivity contribution in [1.29, 1.82) is 0 Å². The summed E-state index contributed by atoms with van der Waals surface area (Å²) in [5, 5.41) is 8.55. The summed E-state index contributed by atoms with van der Waals surface area (Å²) < 4.78 is 22.0. The van der Waals surface area contributed by atoms with Crippen LogP contribution in [0, 0.1) is 12.7 Å². The number of likely N-dealkylation sites (N-methyl/N-ethyl adjacent to an activating group) is 1. The highest BCUT2D eigenvalue weighted by Gasteiger charge is 2.23. The second-order valence-electron chi connectivity index (χ2n) is 8.49. The number of nitrogens with zero attached hydrogens (tertiary/aromatic N) is 4. The predicted molar refractivity (Wildman–Crippen MR) is 121 cm³/mol. The maximum absolute atomic E-state index is 14.5. The lowest BCUT2D eigenvalue weighted by molar-refractivity contribution is 0.0844. The summed E-state index contributed by atoms with van der Waals surface area (Å²) in [6.07, 6.45) is 2.82. The van der Waals surface area contributed by atoms with Gasteiger partial charge in [-0.1, -0.05) is 25.1 Å². The van der Waals surface area contributed by atoms with Crippen LogP contribution in [0.15, 0.2) is 30.3 Å². The molecule has 4 rings (SSSR count). The van der Waals surface area contributed by atoms with Crippen molar-refractivity contribution in [2.75, 3.05) is 39.2 Å². The lowest BCUT2D eigenvalue weighted by atomic mass is 9.97. The highest BCUT2D eigenvalue weighted by Crippen LogP contribution is 2.30. The van der Waals surface area contributed by atoms with E-state index >= 15 is 0 Å². The first-order chi connectivity index (χ1) is 15.0. The molecule has 1 aliphatic rings. The van der Waals surface area contributed by atoms with Crippen molar-refractivity contribution >= 4 is 11.5 Å². The summed E-state index contributed by atoms with van der Waals surface area (Å²) in [7, 11) is 3.95. The smallest absolute Gasteiger partial charge is 0.157 e. The molecule has 166 valence electrons. The summed E-state index contributed by atoms with van der Waals surface area (Å²) in [4.78, 5) is 6.86. The highest BCUT2D eigenvalue weighted by atomic mass is 19.1. The topological polar surface area (TPSA) is 54.7 Å². The lowest BCUT2D eigenvalue weighted by Crippen LogP contribution is -2.28. The molecule has 1 aromatic carbocycles. The standard InChI is InChI=1S/C24H32FN5O/c1-5-18-16(2)27-23-14-21(17-10-12-31-13-11-17)28-30(23)24(18)26-15-22(29(3)4)19-8-6-7-9-20(19)25/h6-9,14,17,22,26H,5,10-13,15H2,1-4H3/t22-/m1/s1. The first kappa shape index (κ1) is 21.7. The molecule has 3 heterocycles. The normalized spacial score (nSPS) is 16.2. The molecule has 1 fully saturated rings. The molecule has 0 spiro atoms. The third-order valence-corrected chi connectivity index (χ3v) is 6.27. The molecule has 2 aromatic heterocycles. The van der Waals surface area contributed by atoms with Gasteiger partial charge < -0.3 is 15.0 Å². The number of hydrogen-bond acceptors (Lipinski definition) is 5. The van der Waals surface area contributed by atoms with E-state index in [0.29, 0.717) is 18.0 Å². The van der Waals surface area contributed by atoms with E-state index in [1.165, 1.54) is 6.07 Å². The van der Waals surface area contributed by atoms with E-state index in [1.807, 2.05) is 42.6 Å². The highest BCUT2D eigenvalue weighted by molar-refractivity contribution is 5.56. The molecule has 1 aliphatic heterocycles. The number of ether oxygens (including phenoxy) is 1. The fraction of sp³-hybridized carbons (Fsp3) is 0.500. The molecule has 1 N–H and O–H groups in total. The van der Waals surface area contributed by atoms with Gasteiger partial charge in [-0.2, -0.15) is 9.61 Å². The van der Waals surface area contributed by atoms with E-state index in [-0.39, 0.29) is 11.9 Å². The monoisotopic (exact) mass is 425 g/mol. The first-order valence-corrected chi connectivity index (χ1v) is 11.1. The molecule has 0 amide bonds. The van der Waals surface area contributed by atoms with Crippen LogP contribution < -0.4 is 5.32 Å². The Labute approximate surface area is 183 Å². The Balaban J connectivity index is 1.69. The molecule has 7 heteroatoms. The number of benzene rings is 1. The summed E-state index contributed by atoms with van der Waals surface area (Å²) in [6, 6.07) is 8.98. The molecule has 1 saturated heterocycles. The minimum absolute atomic E-state index is 0.111. The summed E-state index contributed by atoms with van der Waals surface area (Å²) in [5.41, 5.74) is 4.75. The van der Waals surface area contributed by atoms with Crippen molar-refractivity contribution in [2.45, 2.75) is 45.1 Å². The van der Waals surface area contributed by atoms with Gasteiger partial charge in [0.2, 0.25) is 0 Å². The van der Waals surface area contributed by atoms with Gasteiger partial charge in [-0.15, -0.1) is 0 Å². The molecule has 0 radical (unpaired) electrons. The van der Waals surface area contributed by atoms with E-state index in [4.69, 9.17) is 14.8 Å². The molecule has 31 heavy (non-hydrogen) atoms. The molecule has 6 nitrogen and oxygen atoms in total. The van der Waals surface area contributed by atoms with E-state index < -0.39 is 0 Å².